The predicted molar refractivity (Wildman–Crippen MR) is 121 cm³/mol. The van der Waals surface area contributed by atoms with Crippen LogP contribution < -0.4 is 10.6 Å². The Kier molecular flexibility index (Phi) is 5.13. The second kappa shape index (κ2) is 7.71. The van der Waals surface area contributed by atoms with Gasteiger partial charge in [-0.2, -0.15) is 0 Å². The van der Waals surface area contributed by atoms with Crippen molar-refractivity contribution in [1.82, 2.24) is 15.1 Å². The molecule has 2 aliphatic heterocycles. The number of urea groups is 1. The molecule has 1 saturated heterocycles. The van der Waals surface area contributed by atoms with Crippen molar-refractivity contribution in [2.24, 2.45) is 0 Å². The summed E-state index contributed by atoms with van der Waals surface area (Å²) in [6.45, 7) is 1.97. The monoisotopic (exact) mass is 444 g/mol. The lowest BCUT2D eigenvalue weighted by Gasteiger charge is -2.42. The van der Waals surface area contributed by atoms with E-state index in [1.807, 2.05) is 11.9 Å². The van der Waals surface area contributed by atoms with Crippen LogP contribution in [-0.4, -0.2) is 55.0 Å². The van der Waals surface area contributed by atoms with E-state index in [1.165, 1.54) is 0 Å². The van der Waals surface area contributed by atoms with E-state index in [0.717, 1.165) is 69.0 Å². The molecule has 0 unspecified atom stereocenters. The molecule has 0 radical (unpaired) electrons. The van der Waals surface area contributed by atoms with Crippen LogP contribution in [0.2, 0.25) is 5.02 Å². The van der Waals surface area contributed by atoms with E-state index >= 15 is 0 Å². The predicted octanol–water partition coefficient (Wildman–Crippen LogP) is 4.55. The number of hydrogen-bond donors (Lipinski definition) is 2. The van der Waals surface area contributed by atoms with Crippen LogP contribution in [0.4, 0.5) is 10.5 Å². The minimum Gasteiger partial charge on any atom is -0.450 e. The third-order valence-electron chi connectivity index (χ3n) is 7.30. The number of anilines is 1. The summed E-state index contributed by atoms with van der Waals surface area (Å²) in [5.41, 5.74) is 1.64. The highest BCUT2D eigenvalue weighted by molar-refractivity contribution is 6.35. The average molecular weight is 445 g/mol. The van der Waals surface area contributed by atoms with Crippen LogP contribution in [0.3, 0.4) is 0 Å². The summed E-state index contributed by atoms with van der Waals surface area (Å²) in [5.74, 6) is 0.213. The Morgan fingerprint density at radius 2 is 1.94 bits per heavy atom. The summed E-state index contributed by atoms with van der Waals surface area (Å²) < 4.78 is 6.23. The molecule has 1 aromatic carbocycles. The molecule has 1 saturated carbocycles. The van der Waals surface area contributed by atoms with Crippen LogP contribution in [0, 0.1) is 0 Å². The molecule has 1 spiro atoms. The first-order valence-electron chi connectivity index (χ1n) is 11.2. The summed E-state index contributed by atoms with van der Waals surface area (Å²) in [7, 11) is 3.97. The largest absolute Gasteiger partial charge is 0.450 e. The van der Waals surface area contributed by atoms with Gasteiger partial charge in [0.05, 0.1) is 16.2 Å². The number of hydrogen-bond acceptors (Lipinski definition) is 4. The smallest absolute Gasteiger partial charge is 0.319 e. The standard InChI is InChI=1S/C23H29ClN4O3/c1-27-10-6-15(7-11-27)28(2)21(29)17-13-14-12-16(24)19-18(20(14)31-17)23(26-22(30)25-19)8-4-3-5-9-23/h12-13,15H,3-11H2,1-2H3,(H2,25,26,30). The Labute approximate surface area is 187 Å². The van der Waals surface area contributed by atoms with Crippen molar-refractivity contribution in [2.75, 3.05) is 32.5 Å². The highest BCUT2D eigenvalue weighted by Crippen LogP contribution is 2.49. The van der Waals surface area contributed by atoms with Gasteiger partial charge in [-0.15, -0.1) is 0 Å². The van der Waals surface area contributed by atoms with E-state index in [2.05, 4.69) is 22.6 Å². The van der Waals surface area contributed by atoms with Gasteiger partial charge >= 0.3 is 6.03 Å². The number of fused-ring (bicyclic) bond motifs is 4. The number of nitrogens with one attached hydrogen (secondary N) is 2. The quantitative estimate of drug-likeness (QED) is 0.712. The minimum absolute atomic E-state index is 0.110. The lowest BCUT2D eigenvalue weighted by Crippen LogP contribution is -2.52. The molecule has 1 aliphatic carbocycles. The van der Waals surface area contributed by atoms with Crippen molar-refractivity contribution in [3.05, 3.63) is 28.5 Å². The fraction of sp³-hybridized carbons (Fsp3) is 0.565. The minimum atomic E-state index is -0.503. The zero-order valence-corrected chi connectivity index (χ0v) is 18.8. The molecule has 3 amide bonds. The third-order valence-corrected chi connectivity index (χ3v) is 7.60. The van der Waals surface area contributed by atoms with Gasteiger partial charge < -0.3 is 24.9 Å². The number of carbonyl (C=O) groups is 2. The van der Waals surface area contributed by atoms with Gasteiger partial charge in [-0.25, -0.2) is 4.79 Å². The van der Waals surface area contributed by atoms with Gasteiger partial charge in [-0.1, -0.05) is 30.9 Å². The fourth-order valence-corrected chi connectivity index (χ4v) is 5.77. The Morgan fingerprint density at radius 3 is 2.65 bits per heavy atom. The number of nitrogens with zero attached hydrogens (tertiary/aromatic N) is 2. The van der Waals surface area contributed by atoms with Gasteiger partial charge in [0.1, 0.15) is 5.58 Å². The number of likely N-dealkylation sites (tertiary alicyclic amines) is 1. The van der Waals surface area contributed by atoms with E-state index in [0.29, 0.717) is 22.1 Å². The van der Waals surface area contributed by atoms with Gasteiger partial charge in [0.2, 0.25) is 0 Å². The first-order valence-corrected chi connectivity index (χ1v) is 11.6. The molecule has 3 aliphatic rings. The molecule has 3 heterocycles. The number of benzene rings is 1. The number of amides is 3. The van der Waals surface area contributed by atoms with Crippen LogP contribution in [0.5, 0.6) is 0 Å². The summed E-state index contributed by atoms with van der Waals surface area (Å²) in [4.78, 5) is 29.8. The van der Waals surface area contributed by atoms with Crippen molar-refractivity contribution < 1.29 is 14.0 Å². The van der Waals surface area contributed by atoms with E-state index in [1.54, 1.807) is 12.1 Å². The molecule has 1 aromatic heterocycles. The van der Waals surface area contributed by atoms with Gasteiger partial charge in [0.15, 0.2) is 5.76 Å². The van der Waals surface area contributed by atoms with Crippen LogP contribution in [0.25, 0.3) is 11.0 Å². The number of carbonyl (C=O) groups excluding carboxylic acids is 2. The van der Waals surface area contributed by atoms with E-state index in [9.17, 15) is 9.59 Å². The normalized spacial score (nSPS) is 21.6. The van der Waals surface area contributed by atoms with E-state index in [-0.39, 0.29) is 18.0 Å². The highest BCUT2D eigenvalue weighted by atomic mass is 35.5. The average Bonchev–Trinajstić information content (AvgIpc) is 3.17. The van der Waals surface area contributed by atoms with Crippen LogP contribution in [-0.2, 0) is 5.54 Å². The molecule has 7 nitrogen and oxygen atoms in total. The number of halogens is 1. The lowest BCUT2D eigenvalue weighted by molar-refractivity contribution is 0.0630. The Morgan fingerprint density at radius 1 is 1.23 bits per heavy atom. The topological polar surface area (TPSA) is 77.8 Å². The first kappa shape index (κ1) is 20.6. The molecule has 0 atom stereocenters. The Balaban J connectivity index is 1.55. The molecule has 166 valence electrons. The molecule has 5 rings (SSSR count). The fourth-order valence-electron chi connectivity index (χ4n) is 5.51. The van der Waals surface area contributed by atoms with Gasteiger partial charge in [0.25, 0.3) is 5.91 Å². The number of piperidine rings is 1. The molecule has 31 heavy (non-hydrogen) atoms. The van der Waals surface area contributed by atoms with Gasteiger partial charge in [-0.3, -0.25) is 4.79 Å². The maximum absolute atomic E-state index is 13.3. The Bertz CT molecular complexity index is 1040. The lowest BCUT2D eigenvalue weighted by atomic mass is 9.74. The van der Waals surface area contributed by atoms with Crippen molar-refractivity contribution in [2.45, 2.75) is 56.5 Å². The van der Waals surface area contributed by atoms with Crippen molar-refractivity contribution in [3.8, 4) is 0 Å². The zero-order chi connectivity index (χ0) is 21.8. The maximum atomic E-state index is 13.3. The Hall–Kier alpha value is -2.25. The first-order chi connectivity index (χ1) is 14.9. The van der Waals surface area contributed by atoms with Crippen LogP contribution >= 0.6 is 11.6 Å². The van der Waals surface area contributed by atoms with Gasteiger partial charge in [0, 0.05) is 24.0 Å². The van der Waals surface area contributed by atoms with Crippen molar-refractivity contribution in [1.29, 1.82) is 0 Å². The molecule has 0 bridgehead atoms. The third kappa shape index (κ3) is 3.48. The summed E-state index contributed by atoms with van der Waals surface area (Å²) >= 11 is 6.59. The molecule has 8 heteroatoms. The van der Waals surface area contributed by atoms with Crippen molar-refractivity contribution in [3.63, 3.8) is 0 Å². The van der Waals surface area contributed by atoms with Gasteiger partial charge in [-0.05, 0) is 58.0 Å². The molecule has 2 N–H and O–H groups in total. The van der Waals surface area contributed by atoms with Crippen LogP contribution in [0.15, 0.2) is 16.5 Å². The molecule has 2 fully saturated rings. The van der Waals surface area contributed by atoms with Crippen molar-refractivity contribution >= 4 is 40.2 Å². The SMILES string of the molecule is CN1CCC(N(C)C(=O)c2cc3cc(Cl)c4c(c3o2)C2(CCCCC2)NC(=O)N4)CC1. The molecule has 2 aromatic rings. The zero-order valence-electron chi connectivity index (χ0n) is 18.1. The van der Waals surface area contributed by atoms with E-state index < -0.39 is 5.54 Å². The molecular weight excluding hydrogens is 416 g/mol. The summed E-state index contributed by atoms with van der Waals surface area (Å²) in [5, 5.41) is 7.30. The van der Waals surface area contributed by atoms with Crippen LogP contribution in [0.1, 0.15) is 61.1 Å². The summed E-state index contributed by atoms with van der Waals surface area (Å²) in [6.07, 6.45) is 6.79. The second-order valence-electron chi connectivity index (χ2n) is 9.31. The second-order valence-corrected chi connectivity index (χ2v) is 9.72. The molecular formula is C23H29ClN4O3. The maximum Gasteiger partial charge on any atom is 0.319 e. The highest BCUT2D eigenvalue weighted by Gasteiger charge is 2.44. The number of furan rings is 1. The summed E-state index contributed by atoms with van der Waals surface area (Å²) in [6, 6.07) is 3.55. The van der Waals surface area contributed by atoms with E-state index in [4.69, 9.17) is 16.0 Å². The number of rotatable bonds is 2.